The molecule has 1 amide bonds. The molecule has 2 atom stereocenters. The molecule has 0 spiro atoms. The minimum atomic E-state index is -1.20. The largest absolute Gasteiger partial charge is 0.480 e. The Labute approximate surface area is 142 Å². The van der Waals surface area contributed by atoms with Crippen molar-refractivity contribution in [1.29, 1.82) is 0 Å². The molecule has 0 bridgehead atoms. The summed E-state index contributed by atoms with van der Waals surface area (Å²) in [5.74, 6) is -2.23. The fourth-order valence-corrected chi connectivity index (χ4v) is 2.00. The zero-order chi connectivity index (χ0) is 19.3. The van der Waals surface area contributed by atoms with Gasteiger partial charge in [-0.2, -0.15) is 0 Å². The summed E-state index contributed by atoms with van der Waals surface area (Å²) in [6.07, 6.45) is 0. The van der Waals surface area contributed by atoms with Crippen LogP contribution in [0.4, 0.5) is 17.1 Å². The van der Waals surface area contributed by atoms with Crippen LogP contribution in [0.3, 0.4) is 0 Å². The second-order valence-electron chi connectivity index (χ2n) is 5.65. The van der Waals surface area contributed by atoms with Crippen LogP contribution in [0.2, 0.25) is 0 Å². The van der Waals surface area contributed by atoms with Crippen LogP contribution < -0.4 is 10.6 Å². The lowest BCUT2D eigenvalue weighted by Gasteiger charge is -2.21. The van der Waals surface area contributed by atoms with Gasteiger partial charge in [0.15, 0.2) is 0 Å². The maximum absolute atomic E-state index is 12.1. The van der Waals surface area contributed by atoms with Gasteiger partial charge in [-0.15, -0.1) is 0 Å². The van der Waals surface area contributed by atoms with E-state index in [1.807, 2.05) is 0 Å². The summed E-state index contributed by atoms with van der Waals surface area (Å²) in [5, 5.41) is 35.8. The van der Waals surface area contributed by atoms with Crippen LogP contribution in [0.15, 0.2) is 18.2 Å². The number of carboxylic acids is 1. The van der Waals surface area contributed by atoms with E-state index in [1.54, 1.807) is 13.8 Å². The fourth-order valence-electron chi connectivity index (χ4n) is 2.00. The highest BCUT2D eigenvalue weighted by atomic mass is 16.6. The number of hydrogen-bond donors (Lipinski definition) is 3. The Balaban J connectivity index is 2.97. The third kappa shape index (κ3) is 5.12. The van der Waals surface area contributed by atoms with Gasteiger partial charge in [0, 0.05) is 6.07 Å². The lowest BCUT2D eigenvalue weighted by Crippen LogP contribution is -2.49. The molecule has 0 fully saturated rings. The number of hydrogen-bond acceptors (Lipinski definition) is 7. The number of nitro groups is 2. The second kappa shape index (κ2) is 8.04. The van der Waals surface area contributed by atoms with Crippen molar-refractivity contribution >= 4 is 28.9 Å². The van der Waals surface area contributed by atoms with E-state index in [4.69, 9.17) is 5.11 Å². The number of benzene rings is 1. The molecule has 0 saturated heterocycles. The van der Waals surface area contributed by atoms with Crippen molar-refractivity contribution in [2.75, 3.05) is 5.32 Å². The van der Waals surface area contributed by atoms with Gasteiger partial charge in [-0.3, -0.25) is 25.0 Å². The fraction of sp³-hybridized carbons (Fsp3) is 0.429. The number of rotatable bonds is 8. The summed E-state index contributed by atoms with van der Waals surface area (Å²) in [6.45, 7) is 4.64. The Kier molecular flexibility index (Phi) is 6.37. The van der Waals surface area contributed by atoms with Crippen LogP contribution in [0.25, 0.3) is 0 Å². The molecule has 1 aromatic carbocycles. The van der Waals surface area contributed by atoms with Crippen LogP contribution in [-0.2, 0) is 9.59 Å². The molecule has 0 aliphatic carbocycles. The summed E-state index contributed by atoms with van der Waals surface area (Å²) in [4.78, 5) is 43.4. The van der Waals surface area contributed by atoms with Gasteiger partial charge >= 0.3 is 5.97 Å². The van der Waals surface area contributed by atoms with Gasteiger partial charge in [0.05, 0.1) is 15.9 Å². The lowest BCUT2D eigenvalue weighted by atomic mass is 10.0. The van der Waals surface area contributed by atoms with Gasteiger partial charge in [0.25, 0.3) is 11.4 Å². The molecule has 136 valence electrons. The van der Waals surface area contributed by atoms with E-state index in [0.29, 0.717) is 0 Å². The van der Waals surface area contributed by atoms with Gasteiger partial charge in [0.2, 0.25) is 5.91 Å². The highest BCUT2D eigenvalue weighted by molar-refractivity contribution is 5.89. The van der Waals surface area contributed by atoms with Crippen molar-refractivity contribution in [2.24, 2.45) is 5.92 Å². The minimum absolute atomic E-state index is 0.0883. The summed E-state index contributed by atoms with van der Waals surface area (Å²) >= 11 is 0. The Morgan fingerprint density at radius 3 is 2.16 bits per heavy atom. The first-order valence-electron chi connectivity index (χ1n) is 7.27. The average Bonchev–Trinajstić information content (AvgIpc) is 2.51. The molecule has 2 unspecified atom stereocenters. The molecule has 25 heavy (non-hydrogen) atoms. The summed E-state index contributed by atoms with van der Waals surface area (Å²) < 4.78 is 0. The van der Waals surface area contributed by atoms with E-state index in [-0.39, 0.29) is 11.6 Å². The Morgan fingerprint density at radius 2 is 1.72 bits per heavy atom. The van der Waals surface area contributed by atoms with Crippen molar-refractivity contribution < 1.29 is 24.5 Å². The number of aliphatic carboxylic acids is 1. The molecule has 1 rings (SSSR count). The van der Waals surface area contributed by atoms with Gasteiger partial charge in [-0.25, -0.2) is 4.79 Å². The number of anilines is 1. The number of nitro benzene ring substituents is 2. The molecular formula is C14H18N4O7. The van der Waals surface area contributed by atoms with E-state index >= 15 is 0 Å². The molecule has 11 heteroatoms. The first-order valence-corrected chi connectivity index (χ1v) is 7.27. The van der Waals surface area contributed by atoms with Gasteiger partial charge in [-0.1, -0.05) is 13.8 Å². The molecule has 0 aliphatic heterocycles. The Hall–Kier alpha value is -3.24. The monoisotopic (exact) mass is 354 g/mol. The maximum Gasteiger partial charge on any atom is 0.326 e. The molecule has 0 saturated carbocycles. The SMILES string of the molecule is CC(Nc1ccc([N+](=O)[O-])cc1[N+](=O)[O-])C(=O)NC(C(=O)O)C(C)C. The zero-order valence-electron chi connectivity index (χ0n) is 13.8. The molecule has 1 aromatic rings. The molecule has 0 aromatic heterocycles. The predicted molar refractivity (Wildman–Crippen MR) is 87.2 cm³/mol. The zero-order valence-corrected chi connectivity index (χ0v) is 13.8. The van der Waals surface area contributed by atoms with Crippen molar-refractivity contribution in [2.45, 2.75) is 32.9 Å². The Bertz CT molecular complexity index is 704. The quantitative estimate of drug-likeness (QED) is 0.467. The molecule has 11 nitrogen and oxygen atoms in total. The molecule has 0 heterocycles. The first-order chi connectivity index (χ1) is 11.5. The predicted octanol–water partition coefficient (Wildman–Crippen LogP) is 1.53. The van der Waals surface area contributed by atoms with Gasteiger partial charge in [0.1, 0.15) is 17.8 Å². The normalized spacial score (nSPS) is 13.0. The number of amides is 1. The number of nitrogens with zero attached hydrogens (tertiary/aromatic N) is 2. The van der Waals surface area contributed by atoms with Crippen molar-refractivity contribution in [3.05, 3.63) is 38.4 Å². The first kappa shape index (κ1) is 19.8. The highest BCUT2D eigenvalue weighted by Gasteiger charge is 2.27. The highest BCUT2D eigenvalue weighted by Crippen LogP contribution is 2.29. The van der Waals surface area contributed by atoms with Crippen molar-refractivity contribution in [3.63, 3.8) is 0 Å². The van der Waals surface area contributed by atoms with Crippen molar-refractivity contribution in [1.82, 2.24) is 5.32 Å². The standard InChI is InChI=1S/C14H18N4O7/c1-7(2)12(14(20)21)16-13(19)8(3)15-10-5-4-9(17(22)23)6-11(10)18(24)25/h4-8,12,15H,1-3H3,(H,16,19)(H,20,21). The van der Waals surface area contributed by atoms with Gasteiger partial charge in [-0.05, 0) is 18.9 Å². The molecule has 3 N–H and O–H groups in total. The van der Waals surface area contributed by atoms with Gasteiger partial charge < -0.3 is 15.7 Å². The lowest BCUT2D eigenvalue weighted by molar-refractivity contribution is -0.393. The van der Waals surface area contributed by atoms with E-state index in [9.17, 15) is 29.8 Å². The van der Waals surface area contributed by atoms with Crippen LogP contribution in [-0.4, -0.2) is 38.9 Å². The van der Waals surface area contributed by atoms with Crippen LogP contribution in [0.5, 0.6) is 0 Å². The molecule has 0 radical (unpaired) electrons. The third-order valence-corrected chi connectivity index (χ3v) is 3.38. The maximum atomic E-state index is 12.1. The number of carbonyl (C=O) groups is 2. The van der Waals surface area contributed by atoms with Crippen LogP contribution in [0, 0.1) is 26.1 Å². The van der Waals surface area contributed by atoms with E-state index in [2.05, 4.69) is 10.6 Å². The summed E-state index contributed by atoms with van der Waals surface area (Å²) in [6, 6.07) is 0.858. The second-order valence-corrected chi connectivity index (χ2v) is 5.65. The number of carbonyl (C=O) groups excluding carboxylic acids is 1. The summed E-state index contributed by atoms with van der Waals surface area (Å²) in [7, 11) is 0. The molecular weight excluding hydrogens is 336 g/mol. The number of carboxylic acid groups (broad SMARTS) is 1. The van der Waals surface area contributed by atoms with Crippen LogP contribution in [0.1, 0.15) is 20.8 Å². The smallest absolute Gasteiger partial charge is 0.326 e. The average molecular weight is 354 g/mol. The minimum Gasteiger partial charge on any atom is -0.480 e. The number of non-ortho nitro benzene ring substituents is 1. The number of nitrogens with one attached hydrogen (secondary N) is 2. The third-order valence-electron chi connectivity index (χ3n) is 3.38. The summed E-state index contributed by atoms with van der Waals surface area (Å²) in [5.41, 5.74) is -1.11. The van der Waals surface area contributed by atoms with E-state index in [0.717, 1.165) is 18.2 Å². The van der Waals surface area contributed by atoms with Crippen LogP contribution >= 0.6 is 0 Å². The molecule has 0 aliphatic rings. The van der Waals surface area contributed by atoms with E-state index < -0.39 is 45.2 Å². The van der Waals surface area contributed by atoms with E-state index in [1.165, 1.54) is 6.92 Å². The van der Waals surface area contributed by atoms with Crippen molar-refractivity contribution in [3.8, 4) is 0 Å². The topological polar surface area (TPSA) is 165 Å². The Morgan fingerprint density at radius 1 is 1.12 bits per heavy atom.